The Balaban J connectivity index is 1.93. The second kappa shape index (κ2) is 7.09. The number of aromatic nitrogens is 2. The predicted molar refractivity (Wildman–Crippen MR) is 89.6 cm³/mol. The quantitative estimate of drug-likeness (QED) is 0.849. The molecule has 2 aromatic rings. The maximum absolute atomic E-state index is 11.8. The first kappa shape index (κ1) is 16.7. The Morgan fingerprint density at radius 3 is 2.57 bits per heavy atom. The Morgan fingerprint density at radius 1 is 1.22 bits per heavy atom. The van der Waals surface area contributed by atoms with Crippen molar-refractivity contribution in [1.82, 2.24) is 15.3 Å². The van der Waals surface area contributed by atoms with Gasteiger partial charge in [0.15, 0.2) is 6.73 Å². The number of anilines is 1. The Labute approximate surface area is 136 Å². The van der Waals surface area contributed by atoms with Gasteiger partial charge in [-0.1, -0.05) is 38.5 Å². The second-order valence-corrected chi connectivity index (χ2v) is 6.24. The van der Waals surface area contributed by atoms with Crippen LogP contribution in [0.3, 0.4) is 0 Å². The third-order valence-electron chi connectivity index (χ3n) is 3.19. The zero-order valence-corrected chi connectivity index (χ0v) is 13.9. The molecule has 122 valence electrons. The van der Waals surface area contributed by atoms with Crippen molar-refractivity contribution in [2.75, 3.05) is 12.0 Å². The minimum Gasteiger partial charge on any atom is -0.473 e. The fraction of sp³-hybridized carbons (Fsp3) is 0.353. The van der Waals surface area contributed by atoms with Crippen LogP contribution in [-0.4, -0.2) is 22.7 Å². The average molecular weight is 314 g/mol. The summed E-state index contributed by atoms with van der Waals surface area (Å²) < 4.78 is 5.71. The van der Waals surface area contributed by atoms with Crippen molar-refractivity contribution in [1.29, 1.82) is 0 Å². The summed E-state index contributed by atoms with van der Waals surface area (Å²) >= 11 is 0. The van der Waals surface area contributed by atoms with Crippen LogP contribution in [0.5, 0.6) is 5.75 Å². The number of hydrogen-bond donors (Lipinski definition) is 2. The first-order valence-corrected chi connectivity index (χ1v) is 7.42. The molecule has 0 radical (unpaired) electrons. The van der Waals surface area contributed by atoms with E-state index in [1.807, 2.05) is 19.1 Å². The molecule has 2 N–H and O–H groups in total. The Hall–Kier alpha value is -2.63. The van der Waals surface area contributed by atoms with Crippen LogP contribution in [0.25, 0.3) is 0 Å². The lowest BCUT2D eigenvalue weighted by atomic mass is 9.85. The lowest BCUT2D eigenvalue weighted by molar-refractivity contribution is 0.233. The summed E-state index contributed by atoms with van der Waals surface area (Å²) in [6, 6.07) is 7.28. The first-order chi connectivity index (χ1) is 10.9. The molecule has 0 atom stereocenters. The Morgan fingerprint density at radius 2 is 1.91 bits per heavy atom. The van der Waals surface area contributed by atoms with E-state index in [2.05, 4.69) is 47.4 Å². The molecule has 2 amide bonds. The number of hydrogen-bond acceptors (Lipinski definition) is 4. The lowest BCUT2D eigenvalue weighted by Gasteiger charge is -2.23. The van der Waals surface area contributed by atoms with Crippen LogP contribution < -0.4 is 15.4 Å². The van der Waals surface area contributed by atoms with Crippen LogP contribution in [0.15, 0.2) is 36.7 Å². The summed E-state index contributed by atoms with van der Waals surface area (Å²) in [6.07, 6.45) is 3.11. The zero-order chi connectivity index (χ0) is 16.9. The molecule has 1 aromatic heterocycles. The number of ether oxygens (including phenoxy) is 1. The highest BCUT2D eigenvalue weighted by Crippen LogP contribution is 2.31. The van der Waals surface area contributed by atoms with Gasteiger partial charge >= 0.3 is 6.03 Å². The summed E-state index contributed by atoms with van der Waals surface area (Å²) in [5, 5.41) is 5.15. The van der Waals surface area contributed by atoms with Gasteiger partial charge < -0.3 is 10.1 Å². The fourth-order valence-electron chi connectivity index (χ4n) is 2.04. The van der Waals surface area contributed by atoms with Crippen LogP contribution >= 0.6 is 0 Å². The molecule has 0 saturated carbocycles. The van der Waals surface area contributed by atoms with Gasteiger partial charge in [-0.05, 0) is 30.0 Å². The van der Waals surface area contributed by atoms with Gasteiger partial charge in [-0.15, -0.1) is 0 Å². The largest absolute Gasteiger partial charge is 0.473 e. The molecular weight excluding hydrogens is 292 g/mol. The van der Waals surface area contributed by atoms with Gasteiger partial charge in [-0.2, -0.15) is 0 Å². The smallest absolute Gasteiger partial charge is 0.324 e. The monoisotopic (exact) mass is 314 g/mol. The third-order valence-corrected chi connectivity index (χ3v) is 3.19. The number of benzene rings is 1. The minimum atomic E-state index is -0.416. The second-order valence-electron chi connectivity index (χ2n) is 6.24. The van der Waals surface area contributed by atoms with Crippen LogP contribution in [0.2, 0.25) is 0 Å². The van der Waals surface area contributed by atoms with E-state index in [1.165, 1.54) is 5.56 Å². The molecule has 0 spiro atoms. The van der Waals surface area contributed by atoms with E-state index < -0.39 is 6.03 Å². The van der Waals surface area contributed by atoms with Crippen molar-refractivity contribution in [3.05, 3.63) is 47.8 Å². The molecule has 6 nitrogen and oxygen atoms in total. The average Bonchev–Trinajstić information content (AvgIpc) is 2.48. The minimum absolute atomic E-state index is 0.0402. The van der Waals surface area contributed by atoms with Crippen molar-refractivity contribution in [3.8, 4) is 5.75 Å². The molecule has 1 aromatic carbocycles. The molecule has 0 aliphatic rings. The van der Waals surface area contributed by atoms with Crippen LogP contribution in [-0.2, 0) is 5.41 Å². The normalized spacial score (nSPS) is 11.0. The first-order valence-electron chi connectivity index (χ1n) is 7.42. The number of amides is 2. The molecule has 0 fully saturated rings. The summed E-state index contributed by atoms with van der Waals surface area (Å²) in [4.78, 5) is 19.6. The summed E-state index contributed by atoms with van der Waals surface area (Å²) in [7, 11) is 0. The highest BCUT2D eigenvalue weighted by Gasteiger charge is 2.19. The number of nitrogens with one attached hydrogen (secondary N) is 2. The fourth-order valence-corrected chi connectivity index (χ4v) is 2.04. The van der Waals surface area contributed by atoms with Crippen molar-refractivity contribution in [2.45, 2.75) is 33.1 Å². The van der Waals surface area contributed by atoms with Gasteiger partial charge in [0.05, 0.1) is 0 Å². The summed E-state index contributed by atoms with van der Waals surface area (Å²) in [5.74, 6) is 1.01. The zero-order valence-electron chi connectivity index (χ0n) is 13.9. The SMILES string of the molecule is Cc1ccc(OCNC(=O)Nc2ncccn2)c(C(C)(C)C)c1. The van der Waals surface area contributed by atoms with E-state index in [0.717, 1.165) is 11.3 Å². The molecule has 2 rings (SSSR count). The maximum Gasteiger partial charge on any atom is 0.324 e. The number of urea groups is 1. The van der Waals surface area contributed by atoms with Gasteiger partial charge in [-0.3, -0.25) is 5.32 Å². The number of carbonyl (C=O) groups is 1. The standard InChI is InChI=1S/C17H22N4O2/c1-12-6-7-14(13(10-12)17(2,3)4)23-11-20-16(22)21-15-18-8-5-9-19-15/h5-10H,11H2,1-4H3,(H2,18,19,20,21,22). The van der Waals surface area contributed by atoms with Gasteiger partial charge in [0.2, 0.25) is 5.95 Å². The van der Waals surface area contributed by atoms with Crippen molar-refractivity contribution in [2.24, 2.45) is 0 Å². The van der Waals surface area contributed by atoms with E-state index in [-0.39, 0.29) is 18.1 Å². The molecular formula is C17H22N4O2. The molecule has 23 heavy (non-hydrogen) atoms. The van der Waals surface area contributed by atoms with Gasteiger partial charge in [-0.25, -0.2) is 14.8 Å². The molecule has 0 bridgehead atoms. The number of carbonyl (C=O) groups excluding carboxylic acids is 1. The number of aryl methyl sites for hydroxylation is 1. The molecule has 0 unspecified atom stereocenters. The van der Waals surface area contributed by atoms with Gasteiger partial charge in [0, 0.05) is 12.4 Å². The third kappa shape index (κ3) is 4.95. The molecule has 0 aliphatic heterocycles. The Kier molecular flexibility index (Phi) is 5.16. The molecule has 0 saturated heterocycles. The number of rotatable bonds is 4. The van der Waals surface area contributed by atoms with Crippen molar-refractivity contribution in [3.63, 3.8) is 0 Å². The molecule has 0 aliphatic carbocycles. The Bertz CT molecular complexity index is 666. The predicted octanol–water partition coefficient (Wildman–Crippen LogP) is 3.24. The maximum atomic E-state index is 11.8. The van der Waals surface area contributed by atoms with E-state index in [9.17, 15) is 4.79 Å². The van der Waals surface area contributed by atoms with E-state index >= 15 is 0 Å². The molecule has 1 heterocycles. The highest BCUT2D eigenvalue weighted by molar-refractivity contribution is 5.87. The van der Waals surface area contributed by atoms with E-state index in [0.29, 0.717) is 0 Å². The van der Waals surface area contributed by atoms with Crippen molar-refractivity contribution < 1.29 is 9.53 Å². The molecule has 6 heteroatoms. The van der Waals surface area contributed by atoms with Gasteiger partial charge in [0.1, 0.15) is 5.75 Å². The highest BCUT2D eigenvalue weighted by atomic mass is 16.5. The summed E-state index contributed by atoms with van der Waals surface area (Å²) in [5.41, 5.74) is 2.24. The topological polar surface area (TPSA) is 76.1 Å². The summed E-state index contributed by atoms with van der Waals surface area (Å²) in [6.45, 7) is 8.49. The van der Waals surface area contributed by atoms with Crippen LogP contribution in [0, 0.1) is 6.92 Å². The van der Waals surface area contributed by atoms with Crippen LogP contribution in [0.4, 0.5) is 10.7 Å². The van der Waals surface area contributed by atoms with Crippen molar-refractivity contribution >= 4 is 12.0 Å². The number of nitrogens with zero attached hydrogens (tertiary/aromatic N) is 2. The van der Waals surface area contributed by atoms with E-state index in [4.69, 9.17) is 4.74 Å². The van der Waals surface area contributed by atoms with Crippen LogP contribution in [0.1, 0.15) is 31.9 Å². The van der Waals surface area contributed by atoms with Gasteiger partial charge in [0.25, 0.3) is 0 Å². The van der Waals surface area contributed by atoms with E-state index in [1.54, 1.807) is 18.5 Å². The lowest BCUT2D eigenvalue weighted by Crippen LogP contribution is -2.33.